The highest BCUT2D eigenvalue weighted by atomic mass is 35.5. The van der Waals surface area contributed by atoms with Crippen molar-refractivity contribution in [3.8, 4) is 5.75 Å². The summed E-state index contributed by atoms with van der Waals surface area (Å²) in [6, 6.07) is 7.82. The molecule has 2 aromatic rings. The van der Waals surface area contributed by atoms with Crippen molar-refractivity contribution in [2.45, 2.75) is 25.0 Å². The van der Waals surface area contributed by atoms with Crippen LogP contribution in [0, 0.1) is 0 Å². The molecule has 0 unspecified atom stereocenters. The summed E-state index contributed by atoms with van der Waals surface area (Å²) in [4.78, 5) is 4.28. The maximum absolute atomic E-state index is 5.94. The van der Waals surface area contributed by atoms with Gasteiger partial charge in [-0.3, -0.25) is 4.98 Å². The third-order valence-corrected chi connectivity index (χ3v) is 3.32. The van der Waals surface area contributed by atoms with Crippen LogP contribution in [-0.4, -0.2) is 17.1 Å². The maximum atomic E-state index is 5.94. The van der Waals surface area contributed by atoms with Gasteiger partial charge in [0.05, 0.1) is 5.52 Å². The van der Waals surface area contributed by atoms with Gasteiger partial charge in [0, 0.05) is 22.6 Å². The Hall–Kier alpha value is -1.32. The molecule has 0 aliphatic heterocycles. The lowest BCUT2D eigenvalue weighted by molar-refractivity contribution is 0.102. The third-order valence-electron chi connectivity index (χ3n) is 3.09. The average Bonchev–Trinajstić information content (AvgIpc) is 2.27. The second kappa shape index (κ2) is 4.17. The Bertz CT molecular complexity index is 552. The summed E-state index contributed by atoms with van der Waals surface area (Å²) in [5.74, 6) is 0.864. The molecule has 1 fully saturated rings. The highest BCUT2D eigenvalue weighted by Gasteiger charge is 2.27. The van der Waals surface area contributed by atoms with E-state index in [0.717, 1.165) is 29.5 Å². The fourth-order valence-electron chi connectivity index (χ4n) is 2.08. The van der Waals surface area contributed by atoms with Gasteiger partial charge in [-0.25, -0.2) is 0 Å². The van der Waals surface area contributed by atoms with E-state index in [0.29, 0.717) is 11.1 Å². The number of halogens is 1. The van der Waals surface area contributed by atoms with Gasteiger partial charge in [-0.15, -0.1) is 0 Å². The standard InChI is InChI=1S/C13H13ClN2O/c14-8-1-2-11-12(5-8)16-4-3-13(11)17-10-6-9(15)7-10/h1-5,9-10H,6-7,15H2. The average molecular weight is 249 g/mol. The summed E-state index contributed by atoms with van der Waals surface area (Å²) in [6.45, 7) is 0. The number of hydrogen-bond acceptors (Lipinski definition) is 3. The summed E-state index contributed by atoms with van der Waals surface area (Å²) < 4.78 is 5.91. The number of hydrogen-bond donors (Lipinski definition) is 1. The van der Waals surface area contributed by atoms with E-state index in [-0.39, 0.29) is 6.10 Å². The molecule has 3 nitrogen and oxygen atoms in total. The normalized spacial score (nSPS) is 23.4. The minimum atomic E-state index is 0.242. The van der Waals surface area contributed by atoms with Gasteiger partial charge in [-0.2, -0.15) is 0 Å². The topological polar surface area (TPSA) is 48.1 Å². The molecule has 1 aliphatic carbocycles. The lowest BCUT2D eigenvalue weighted by Crippen LogP contribution is -2.43. The van der Waals surface area contributed by atoms with Crippen molar-refractivity contribution in [3.63, 3.8) is 0 Å². The number of ether oxygens (including phenoxy) is 1. The first-order chi connectivity index (χ1) is 8.22. The molecule has 0 saturated heterocycles. The Balaban J connectivity index is 1.93. The van der Waals surface area contributed by atoms with Gasteiger partial charge in [-0.1, -0.05) is 11.6 Å². The van der Waals surface area contributed by atoms with E-state index in [2.05, 4.69) is 4.98 Å². The van der Waals surface area contributed by atoms with Gasteiger partial charge in [0.1, 0.15) is 11.9 Å². The number of fused-ring (bicyclic) bond motifs is 1. The van der Waals surface area contributed by atoms with Crippen molar-refractivity contribution < 1.29 is 4.74 Å². The van der Waals surface area contributed by atoms with Crippen molar-refractivity contribution in [2.24, 2.45) is 5.73 Å². The Morgan fingerprint density at radius 1 is 1.29 bits per heavy atom. The predicted molar refractivity (Wildman–Crippen MR) is 68.4 cm³/mol. The minimum absolute atomic E-state index is 0.242. The molecule has 1 heterocycles. The molecular formula is C13H13ClN2O. The molecule has 2 N–H and O–H groups in total. The molecule has 1 aromatic heterocycles. The molecule has 1 aliphatic rings. The van der Waals surface area contributed by atoms with E-state index >= 15 is 0 Å². The Labute approximate surface area is 105 Å². The highest BCUT2D eigenvalue weighted by molar-refractivity contribution is 6.31. The molecule has 1 aromatic carbocycles. The highest BCUT2D eigenvalue weighted by Crippen LogP contribution is 2.30. The SMILES string of the molecule is NC1CC(Oc2ccnc3cc(Cl)ccc23)C1. The van der Waals surface area contributed by atoms with Crippen molar-refractivity contribution in [3.05, 3.63) is 35.5 Å². The summed E-state index contributed by atoms with van der Waals surface area (Å²) in [7, 11) is 0. The predicted octanol–water partition coefficient (Wildman–Crippen LogP) is 2.76. The smallest absolute Gasteiger partial charge is 0.130 e. The lowest BCUT2D eigenvalue weighted by atomic mass is 9.90. The van der Waals surface area contributed by atoms with Gasteiger partial charge in [0.25, 0.3) is 0 Å². The molecule has 17 heavy (non-hydrogen) atoms. The van der Waals surface area contributed by atoms with E-state index in [1.54, 1.807) is 6.20 Å². The largest absolute Gasteiger partial charge is 0.490 e. The van der Waals surface area contributed by atoms with Crippen LogP contribution in [0.25, 0.3) is 10.9 Å². The Morgan fingerprint density at radius 3 is 2.88 bits per heavy atom. The quantitative estimate of drug-likeness (QED) is 0.889. The molecule has 0 atom stereocenters. The summed E-state index contributed by atoms with van der Waals surface area (Å²) in [6.07, 6.45) is 3.84. The molecular weight excluding hydrogens is 236 g/mol. The molecule has 4 heteroatoms. The third kappa shape index (κ3) is 2.08. The van der Waals surface area contributed by atoms with Gasteiger partial charge in [0.15, 0.2) is 0 Å². The van der Waals surface area contributed by atoms with Gasteiger partial charge < -0.3 is 10.5 Å². The number of rotatable bonds is 2. The van der Waals surface area contributed by atoms with Crippen LogP contribution in [0.15, 0.2) is 30.5 Å². The van der Waals surface area contributed by atoms with E-state index in [1.807, 2.05) is 24.3 Å². The van der Waals surface area contributed by atoms with Crippen LogP contribution in [0.1, 0.15) is 12.8 Å². The second-order valence-corrected chi connectivity index (χ2v) is 4.88. The van der Waals surface area contributed by atoms with E-state index in [4.69, 9.17) is 22.1 Å². The first kappa shape index (κ1) is 10.8. The summed E-state index contributed by atoms with van der Waals surface area (Å²) in [5.41, 5.74) is 6.61. The maximum Gasteiger partial charge on any atom is 0.130 e. The van der Waals surface area contributed by atoms with Crippen LogP contribution in [-0.2, 0) is 0 Å². The number of nitrogens with zero attached hydrogens (tertiary/aromatic N) is 1. The second-order valence-electron chi connectivity index (χ2n) is 4.44. The van der Waals surface area contributed by atoms with Crippen molar-refractivity contribution in [1.82, 2.24) is 4.98 Å². The lowest BCUT2D eigenvalue weighted by Gasteiger charge is -2.32. The Morgan fingerprint density at radius 2 is 2.12 bits per heavy atom. The molecule has 88 valence electrons. The fraction of sp³-hybridized carbons (Fsp3) is 0.308. The van der Waals surface area contributed by atoms with Crippen LogP contribution in [0.3, 0.4) is 0 Å². The molecule has 1 saturated carbocycles. The van der Waals surface area contributed by atoms with Crippen LogP contribution < -0.4 is 10.5 Å². The van der Waals surface area contributed by atoms with Crippen LogP contribution in [0.5, 0.6) is 5.75 Å². The minimum Gasteiger partial charge on any atom is -0.490 e. The van der Waals surface area contributed by atoms with E-state index < -0.39 is 0 Å². The Kier molecular flexibility index (Phi) is 2.65. The molecule has 0 radical (unpaired) electrons. The number of aromatic nitrogens is 1. The number of benzene rings is 1. The van der Waals surface area contributed by atoms with Crippen molar-refractivity contribution >= 4 is 22.5 Å². The zero-order chi connectivity index (χ0) is 11.8. The number of pyridine rings is 1. The summed E-state index contributed by atoms with van der Waals surface area (Å²) in [5, 5.41) is 1.69. The van der Waals surface area contributed by atoms with Gasteiger partial charge >= 0.3 is 0 Å². The zero-order valence-corrected chi connectivity index (χ0v) is 10.0. The zero-order valence-electron chi connectivity index (χ0n) is 9.27. The van der Waals surface area contributed by atoms with E-state index in [1.165, 1.54) is 0 Å². The van der Waals surface area contributed by atoms with Crippen LogP contribution >= 0.6 is 11.6 Å². The van der Waals surface area contributed by atoms with Crippen molar-refractivity contribution in [1.29, 1.82) is 0 Å². The van der Waals surface area contributed by atoms with Crippen molar-refractivity contribution in [2.75, 3.05) is 0 Å². The first-order valence-corrected chi connectivity index (χ1v) is 6.06. The molecule has 0 spiro atoms. The first-order valence-electron chi connectivity index (χ1n) is 5.69. The van der Waals surface area contributed by atoms with Gasteiger partial charge in [0.2, 0.25) is 0 Å². The van der Waals surface area contributed by atoms with E-state index in [9.17, 15) is 0 Å². The fourth-order valence-corrected chi connectivity index (χ4v) is 2.25. The van der Waals surface area contributed by atoms with Gasteiger partial charge in [-0.05, 0) is 37.1 Å². The summed E-state index contributed by atoms with van der Waals surface area (Å²) >= 11 is 5.94. The molecule has 0 amide bonds. The number of nitrogens with two attached hydrogens (primary N) is 1. The molecule has 3 rings (SSSR count). The van der Waals surface area contributed by atoms with Crippen LogP contribution in [0.2, 0.25) is 5.02 Å². The molecule has 0 bridgehead atoms. The van der Waals surface area contributed by atoms with Crippen LogP contribution in [0.4, 0.5) is 0 Å². The monoisotopic (exact) mass is 248 g/mol.